The molecule has 0 atom stereocenters. The zero-order valence-corrected chi connectivity index (χ0v) is 13.8. The van der Waals surface area contributed by atoms with Crippen LogP contribution < -0.4 is 0 Å². The summed E-state index contributed by atoms with van der Waals surface area (Å²) in [6, 6.07) is 0. The molecule has 0 amide bonds. The van der Waals surface area contributed by atoms with Crippen molar-refractivity contribution in [3.05, 3.63) is 29.9 Å². The molecule has 19 heavy (non-hydrogen) atoms. The van der Waals surface area contributed by atoms with Crippen LogP contribution in [0.1, 0.15) is 52.9 Å². The quantitative estimate of drug-likeness (QED) is 0.849. The molecule has 1 aromatic rings. The lowest BCUT2D eigenvalue weighted by Gasteiger charge is -2.01. The Morgan fingerprint density at radius 3 is 1.89 bits per heavy atom. The topological polar surface area (TPSA) is 52.0 Å². The van der Waals surface area contributed by atoms with E-state index in [1.165, 1.54) is 10.3 Å². The fourth-order valence-electron chi connectivity index (χ4n) is 1.22. The van der Waals surface area contributed by atoms with E-state index in [1.807, 2.05) is 47.6 Å². The van der Waals surface area contributed by atoms with E-state index in [2.05, 4.69) is 4.98 Å². The SMILES string of the molecule is C/C=C\c1ncn(S(C)(=O)=O)c1/C=C\C.CC.CC. The van der Waals surface area contributed by atoms with Crippen LogP contribution in [-0.2, 0) is 10.0 Å². The average molecular weight is 286 g/mol. The lowest BCUT2D eigenvalue weighted by atomic mass is 10.3. The van der Waals surface area contributed by atoms with Gasteiger partial charge < -0.3 is 0 Å². The van der Waals surface area contributed by atoms with Gasteiger partial charge in [0.25, 0.3) is 0 Å². The van der Waals surface area contributed by atoms with Gasteiger partial charge in [-0.15, -0.1) is 0 Å². The Labute approximate surface area is 117 Å². The third-order valence-electron chi connectivity index (χ3n) is 1.81. The van der Waals surface area contributed by atoms with E-state index in [4.69, 9.17) is 0 Å². The molecule has 0 aliphatic rings. The lowest BCUT2D eigenvalue weighted by Crippen LogP contribution is -2.10. The molecule has 0 aromatic carbocycles. The third-order valence-corrected chi connectivity index (χ3v) is 2.81. The van der Waals surface area contributed by atoms with Gasteiger partial charge in [-0.05, 0) is 26.0 Å². The number of nitrogens with zero attached hydrogens (tertiary/aromatic N) is 2. The maximum Gasteiger partial charge on any atom is 0.237 e. The molecule has 0 aliphatic heterocycles. The molecule has 0 unspecified atom stereocenters. The van der Waals surface area contributed by atoms with Gasteiger partial charge in [-0.1, -0.05) is 39.8 Å². The maximum atomic E-state index is 11.4. The van der Waals surface area contributed by atoms with Gasteiger partial charge in [0.05, 0.1) is 17.6 Å². The molecule has 1 heterocycles. The second kappa shape index (κ2) is 10.6. The van der Waals surface area contributed by atoms with Crippen LogP contribution >= 0.6 is 0 Å². The monoisotopic (exact) mass is 286 g/mol. The molecule has 0 radical (unpaired) electrons. The van der Waals surface area contributed by atoms with Gasteiger partial charge >= 0.3 is 0 Å². The van der Waals surface area contributed by atoms with E-state index in [0.717, 1.165) is 6.26 Å². The minimum atomic E-state index is -3.28. The molecular formula is C14H26N2O2S. The molecule has 0 spiro atoms. The predicted molar refractivity (Wildman–Crippen MR) is 84.6 cm³/mol. The summed E-state index contributed by atoms with van der Waals surface area (Å²) in [7, 11) is -3.28. The maximum absolute atomic E-state index is 11.4. The number of aromatic nitrogens is 2. The van der Waals surface area contributed by atoms with Gasteiger partial charge in [0.2, 0.25) is 10.0 Å². The molecule has 110 valence electrons. The van der Waals surface area contributed by atoms with Crippen LogP contribution in [0.2, 0.25) is 0 Å². The highest BCUT2D eigenvalue weighted by atomic mass is 32.2. The zero-order valence-electron chi connectivity index (χ0n) is 13.0. The number of rotatable bonds is 3. The van der Waals surface area contributed by atoms with Crippen molar-refractivity contribution in [2.24, 2.45) is 0 Å². The molecule has 1 rings (SSSR count). The van der Waals surface area contributed by atoms with Gasteiger partial charge in [-0.2, -0.15) is 0 Å². The molecular weight excluding hydrogens is 260 g/mol. The molecule has 5 heteroatoms. The van der Waals surface area contributed by atoms with Crippen LogP contribution in [0.25, 0.3) is 12.2 Å². The molecule has 0 aliphatic carbocycles. The summed E-state index contributed by atoms with van der Waals surface area (Å²) in [5.41, 5.74) is 1.24. The van der Waals surface area contributed by atoms with Crippen LogP contribution in [0.5, 0.6) is 0 Å². The van der Waals surface area contributed by atoms with E-state index in [9.17, 15) is 8.42 Å². The smallest absolute Gasteiger partial charge is 0.236 e. The van der Waals surface area contributed by atoms with E-state index in [0.29, 0.717) is 11.4 Å². The summed E-state index contributed by atoms with van der Waals surface area (Å²) in [5.74, 6) is 0. The first-order chi connectivity index (χ1) is 9.00. The van der Waals surface area contributed by atoms with E-state index in [1.54, 1.807) is 18.2 Å². The third kappa shape index (κ3) is 6.38. The molecule has 0 saturated carbocycles. The molecule has 1 aromatic heterocycles. The second-order valence-electron chi connectivity index (χ2n) is 3.07. The Bertz CT molecular complexity index is 498. The first-order valence-corrected chi connectivity index (χ1v) is 8.38. The van der Waals surface area contributed by atoms with Crippen molar-refractivity contribution in [2.75, 3.05) is 6.26 Å². The Balaban J connectivity index is 0. The Kier molecular flexibility index (Phi) is 11.1. The van der Waals surface area contributed by atoms with Gasteiger partial charge in [0.15, 0.2) is 0 Å². The van der Waals surface area contributed by atoms with Crippen LogP contribution in [0, 0.1) is 0 Å². The van der Waals surface area contributed by atoms with Crippen LogP contribution in [-0.4, -0.2) is 23.6 Å². The van der Waals surface area contributed by atoms with Crippen molar-refractivity contribution in [3.63, 3.8) is 0 Å². The van der Waals surface area contributed by atoms with Crippen LogP contribution in [0.15, 0.2) is 18.5 Å². The Morgan fingerprint density at radius 1 is 1.05 bits per heavy atom. The van der Waals surface area contributed by atoms with Gasteiger partial charge in [-0.3, -0.25) is 0 Å². The molecule has 0 N–H and O–H groups in total. The first-order valence-electron chi connectivity index (χ1n) is 6.54. The van der Waals surface area contributed by atoms with Crippen molar-refractivity contribution < 1.29 is 8.42 Å². The number of imidazole rings is 1. The van der Waals surface area contributed by atoms with Gasteiger partial charge in [-0.25, -0.2) is 17.4 Å². The Morgan fingerprint density at radius 2 is 1.53 bits per heavy atom. The molecule has 0 fully saturated rings. The number of hydrogen-bond acceptors (Lipinski definition) is 3. The average Bonchev–Trinajstić information content (AvgIpc) is 2.78. The highest BCUT2D eigenvalue weighted by molar-refractivity contribution is 7.89. The minimum Gasteiger partial charge on any atom is -0.236 e. The number of allylic oxidation sites excluding steroid dienone is 2. The predicted octanol–water partition coefficient (Wildman–Crippen LogP) is 3.81. The minimum absolute atomic E-state index is 0.582. The largest absolute Gasteiger partial charge is 0.237 e. The fraction of sp³-hybridized carbons (Fsp3) is 0.500. The van der Waals surface area contributed by atoms with Crippen LogP contribution in [0.4, 0.5) is 0 Å². The van der Waals surface area contributed by atoms with Crippen LogP contribution in [0.3, 0.4) is 0 Å². The van der Waals surface area contributed by atoms with Crippen molar-refractivity contribution in [2.45, 2.75) is 41.5 Å². The summed E-state index contributed by atoms with van der Waals surface area (Å²) in [4.78, 5) is 4.04. The standard InChI is InChI=1S/C10H14N2O2S.2C2H6/c1-4-6-9-10(7-5-2)12(8-11-9)15(3,13)14;2*1-2/h4-8H,1-3H3;2*1-2H3/b6-4-,7-5-;;. The number of hydrogen-bond donors (Lipinski definition) is 0. The lowest BCUT2D eigenvalue weighted by molar-refractivity contribution is 0.593. The molecule has 0 saturated heterocycles. The van der Waals surface area contributed by atoms with E-state index in [-0.39, 0.29) is 0 Å². The Hall–Kier alpha value is -1.36. The first kappa shape index (κ1) is 20.0. The molecule has 0 bridgehead atoms. The van der Waals surface area contributed by atoms with E-state index < -0.39 is 10.0 Å². The van der Waals surface area contributed by atoms with E-state index >= 15 is 0 Å². The summed E-state index contributed by atoms with van der Waals surface area (Å²) in [6.45, 7) is 11.7. The van der Waals surface area contributed by atoms with Crippen molar-refractivity contribution in [3.8, 4) is 0 Å². The van der Waals surface area contributed by atoms with Crippen molar-refractivity contribution in [1.82, 2.24) is 8.96 Å². The summed E-state index contributed by atoms with van der Waals surface area (Å²) >= 11 is 0. The van der Waals surface area contributed by atoms with Crippen molar-refractivity contribution >= 4 is 22.2 Å². The fourth-order valence-corrected chi connectivity index (χ4v) is 1.95. The molecule has 4 nitrogen and oxygen atoms in total. The normalized spacial score (nSPS) is 10.9. The second-order valence-corrected chi connectivity index (χ2v) is 4.93. The summed E-state index contributed by atoms with van der Waals surface area (Å²) in [5, 5.41) is 0. The van der Waals surface area contributed by atoms with Gasteiger partial charge in [0, 0.05) is 0 Å². The zero-order chi connectivity index (χ0) is 15.5. The van der Waals surface area contributed by atoms with Gasteiger partial charge in [0.1, 0.15) is 6.33 Å². The van der Waals surface area contributed by atoms with Crippen molar-refractivity contribution in [1.29, 1.82) is 0 Å². The summed E-state index contributed by atoms with van der Waals surface area (Å²) in [6.07, 6.45) is 9.58. The highest BCUT2D eigenvalue weighted by Crippen LogP contribution is 2.13. The highest BCUT2D eigenvalue weighted by Gasteiger charge is 2.12. The summed E-state index contributed by atoms with van der Waals surface area (Å²) < 4.78 is 24.0.